The maximum absolute atomic E-state index is 11.7. The number of benzene rings is 1. The van der Waals surface area contributed by atoms with E-state index < -0.39 is 11.7 Å². The van der Waals surface area contributed by atoms with E-state index in [0.717, 1.165) is 19.3 Å². The zero-order valence-electron chi connectivity index (χ0n) is 10.2. The van der Waals surface area contributed by atoms with Crippen LogP contribution in [-0.2, 0) is 4.79 Å². The molecule has 3 heteroatoms. The van der Waals surface area contributed by atoms with Crippen molar-refractivity contribution in [2.24, 2.45) is 0 Å². The van der Waals surface area contributed by atoms with Gasteiger partial charge in [-0.1, -0.05) is 56.5 Å². The molecule has 1 N–H and O–H groups in total. The van der Waals surface area contributed by atoms with Crippen molar-refractivity contribution in [1.82, 2.24) is 5.32 Å². The molecule has 1 aromatic rings. The molecule has 0 aromatic heterocycles. The average molecular weight is 233 g/mol. The lowest BCUT2D eigenvalue weighted by atomic mass is 10.1. The van der Waals surface area contributed by atoms with E-state index in [1.165, 1.54) is 6.42 Å². The smallest absolute Gasteiger partial charge is 0.292 e. The Kier molecular flexibility index (Phi) is 6.00. The van der Waals surface area contributed by atoms with E-state index in [4.69, 9.17) is 0 Å². The molecule has 3 nitrogen and oxygen atoms in total. The molecule has 0 saturated carbocycles. The van der Waals surface area contributed by atoms with Crippen molar-refractivity contribution >= 4 is 11.7 Å². The lowest BCUT2D eigenvalue weighted by molar-refractivity contribution is -0.117. The summed E-state index contributed by atoms with van der Waals surface area (Å²) in [6.45, 7) is 2.72. The summed E-state index contributed by atoms with van der Waals surface area (Å²) in [5.74, 6) is -0.964. The molecule has 0 aliphatic carbocycles. The van der Waals surface area contributed by atoms with Crippen molar-refractivity contribution in [1.29, 1.82) is 0 Å². The van der Waals surface area contributed by atoms with E-state index in [0.29, 0.717) is 12.1 Å². The largest absolute Gasteiger partial charge is 0.349 e. The van der Waals surface area contributed by atoms with Gasteiger partial charge in [-0.05, 0) is 6.42 Å². The standard InChI is InChI=1S/C14H19NO2/c1-2-3-4-8-11-15-14(17)13(16)12-9-6-5-7-10-12/h5-7,9-10H,2-4,8,11H2,1H3,(H,15,17). The minimum Gasteiger partial charge on any atom is -0.349 e. The normalized spacial score (nSPS) is 9.94. The Hall–Kier alpha value is -1.64. The van der Waals surface area contributed by atoms with Crippen LogP contribution in [0.15, 0.2) is 30.3 Å². The first-order valence-corrected chi connectivity index (χ1v) is 6.13. The van der Waals surface area contributed by atoms with Gasteiger partial charge in [-0.2, -0.15) is 0 Å². The average Bonchev–Trinajstić information content (AvgIpc) is 2.38. The number of ketones is 1. The van der Waals surface area contributed by atoms with Gasteiger partial charge in [0, 0.05) is 12.1 Å². The van der Waals surface area contributed by atoms with Crippen molar-refractivity contribution in [3.8, 4) is 0 Å². The third kappa shape index (κ3) is 4.81. The Morgan fingerprint density at radius 3 is 2.41 bits per heavy atom. The van der Waals surface area contributed by atoms with Gasteiger partial charge in [0.05, 0.1) is 0 Å². The summed E-state index contributed by atoms with van der Waals surface area (Å²) in [4.78, 5) is 23.2. The van der Waals surface area contributed by atoms with Crippen LogP contribution in [0.5, 0.6) is 0 Å². The van der Waals surface area contributed by atoms with Gasteiger partial charge in [-0.15, -0.1) is 0 Å². The van der Waals surface area contributed by atoms with Crippen molar-refractivity contribution < 1.29 is 9.59 Å². The quantitative estimate of drug-likeness (QED) is 0.447. The minimum atomic E-state index is -0.507. The second-order valence-electron chi connectivity index (χ2n) is 4.01. The Bertz CT molecular complexity index is 360. The zero-order chi connectivity index (χ0) is 12.5. The Labute approximate surface area is 102 Å². The number of hydrogen-bond donors (Lipinski definition) is 1. The van der Waals surface area contributed by atoms with E-state index in [-0.39, 0.29) is 0 Å². The summed E-state index contributed by atoms with van der Waals surface area (Å²) in [7, 11) is 0. The number of rotatable bonds is 7. The topological polar surface area (TPSA) is 46.2 Å². The highest BCUT2D eigenvalue weighted by Gasteiger charge is 2.14. The monoisotopic (exact) mass is 233 g/mol. The second-order valence-corrected chi connectivity index (χ2v) is 4.01. The molecule has 0 fully saturated rings. The summed E-state index contributed by atoms with van der Waals surface area (Å²) < 4.78 is 0. The van der Waals surface area contributed by atoms with E-state index in [9.17, 15) is 9.59 Å². The third-order valence-corrected chi connectivity index (χ3v) is 2.56. The molecule has 0 aliphatic rings. The van der Waals surface area contributed by atoms with Gasteiger partial charge < -0.3 is 5.32 Å². The predicted molar refractivity (Wildman–Crippen MR) is 67.9 cm³/mol. The zero-order valence-corrected chi connectivity index (χ0v) is 10.2. The van der Waals surface area contributed by atoms with E-state index in [1.54, 1.807) is 24.3 Å². The summed E-state index contributed by atoms with van der Waals surface area (Å²) in [6, 6.07) is 8.63. The van der Waals surface area contributed by atoms with Gasteiger partial charge in [0.2, 0.25) is 5.78 Å². The van der Waals surface area contributed by atoms with Crippen molar-refractivity contribution in [2.75, 3.05) is 6.54 Å². The Morgan fingerprint density at radius 2 is 1.76 bits per heavy atom. The number of carbonyl (C=O) groups is 2. The van der Waals surface area contributed by atoms with Crippen molar-refractivity contribution in [2.45, 2.75) is 32.6 Å². The Morgan fingerprint density at radius 1 is 1.06 bits per heavy atom. The fraction of sp³-hybridized carbons (Fsp3) is 0.429. The van der Waals surface area contributed by atoms with Crippen LogP contribution >= 0.6 is 0 Å². The molecular formula is C14H19NO2. The molecule has 92 valence electrons. The van der Waals surface area contributed by atoms with Crippen LogP contribution in [0.1, 0.15) is 43.0 Å². The molecule has 17 heavy (non-hydrogen) atoms. The highest BCUT2D eigenvalue weighted by Crippen LogP contribution is 2.00. The molecular weight excluding hydrogens is 214 g/mol. The SMILES string of the molecule is CCCCCCNC(=O)C(=O)c1ccccc1. The third-order valence-electron chi connectivity index (χ3n) is 2.56. The lowest BCUT2D eigenvalue weighted by Crippen LogP contribution is -2.31. The summed E-state index contributed by atoms with van der Waals surface area (Å²) in [6.07, 6.45) is 4.36. The highest BCUT2D eigenvalue weighted by atomic mass is 16.2. The molecule has 0 heterocycles. The van der Waals surface area contributed by atoms with Crippen LogP contribution in [0.2, 0.25) is 0 Å². The molecule has 0 bridgehead atoms. The number of carbonyl (C=O) groups excluding carboxylic acids is 2. The second kappa shape index (κ2) is 7.60. The first kappa shape index (κ1) is 13.4. The van der Waals surface area contributed by atoms with Gasteiger partial charge in [-0.3, -0.25) is 9.59 Å². The van der Waals surface area contributed by atoms with Crippen LogP contribution in [0.4, 0.5) is 0 Å². The summed E-state index contributed by atoms with van der Waals surface area (Å²) >= 11 is 0. The first-order chi connectivity index (χ1) is 8.25. The van der Waals surface area contributed by atoms with Gasteiger partial charge in [0.1, 0.15) is 0 Å². The number of unbranched alkanes of at least 4 members (excludes halogenated alkanes) is 3. The summed E-state index contributed by atoms with van der Waals surface area (Å²) in [5.41, 5.74) is 0.443. The molecule has 0 radical (unpaired) electrons. The van der Waals surface area contributed by atoms with Gasteiger partial charge in [0.15, 0.2) is 0 Å². The van der Waals surface area contributed by atoms with Crippen molar-refractivity contribution in [3.63, 3.8) is 0 Å². The first-order valence-electron chi connectivity index (χ1n) is 6.13. The van der Waals surface area contributed by atoms with Gasteiger partial charge in [0.25, 0.3) is 5.91 Å². The fourth-order valence-corrected chi connectivity index (χ4v) is 1.55. The number of nitrogens with one attached hydrogen (secondary N) is 1. The van der Waals surface area contributed by atoms with Crippen LogP contribution in [-0.4, -0.2) is 18.2 Å². The summed E-state index contributed by atoms with van der Waals surface area (Å²) in [5, 5.41) is 2.65. The van der Waals surface area contributed by atoms with Crippen LogP contribution < -0.4 is 5.32 Å². The highest BCUT2D eigenvalue weighted by molar-refractivity contribution is 6.42. The molecule has 0 aliphatic heterocycles. The molecule has 0 atom stereocenters. The van der Waals surface area contributed by atoms with Crippen molar-refractivity contribution in [3.05, 3.63) is 35.9 Å². The molecule has 1 amide bonds. The van der Waals surface area contributed by atoms with Gasteiger partial charge >= 0.3 is 0 Å². The van der Waals surface area contributed by atoms with Gasteiger partial charge in [-0.25, -0.2) is 0 Å². The maximum Gasteiger partial charge on any atom is 0.292 e. The number of hydrogen-bond acceptors (Lipinski definition) is 2. The van der Waals surface area contributed by atoms with Crippen LogP contribution in [0, 0.1) is 0 Å². The molecule has 1 aromatic carbocycles. The van der Waals surface area contributed by atoms with E-state index >= 15 is 0 Å². The van der Waals surface area contributed by atoms with E-state index in [1.807, 2.05) is 6.07 Å². The molecule has 0 spiro atoms. The number of amides is 1. The number of Topliss-reactive ketones (excluding diaryl/α,β-unsaturated/α-hetero) is 1. The maximum atomic E-state index is 11.7. The molecule has 0 unspecified atom stereocenters. The van der Waals surface area contributed by atoms with Crippen LogP contribution in [0.25, 0.3) is 0 Å². The molecule has 0 saturated heterocycles. The molecule has 1 rings (SSSR count). The lowest BCUT2D eigenvalue weighted by Gasteiger charge is -2.03. The van der Waals surface area contributed by atoms with E-state index in [2.05, 4.69) is 12.2 Å². The van der Waals surface area contributed by atoms with Crippen LogP contribution in [0.3, 0.4) is 0 Å². The minimum absolute atomic E-state index is 0.443. The Balaban J connectivity index is 2.31. The fourth-order valence-electron chi connectivity index (χ4n) is 1.55. The predicted octanol–water partition coefficient (Wildman–Crippen LogP) is 2.57.